The van der Waals surface area contributed by atoms with Crippen molar-refractivity contribution in [1.29, 1.82) is 0 Å². The average Bonchev–Trinajstić information content (AvgIpc) is 2.66. The minimum Gasteiger partial charge on any atom is -0.452 e. The zero-order chi connectivity index (χ0) is 19.4. The molecule has 2 amide bonds. The van der Waals surface area contributed by atoms with E-state index in [9.17, 15) is 14.4 Å². The van der Waals surface area contributed by atoms with Gasteiger partial charge in [-0.1, -0.05) is 34.1 Å². The van der Waals surface area contributed by atoms with Crippen LogP contribution in [0.25, 0.3) is 0 Å². The van der Waals surface area contributed by atoms with Crippen LogP contribution in [-0.4, -0.2) is 42.1 Å². The highest BCUT2D eigenvalue weighted by atomic mass is 79.9. The third kappa shape index (κ3) is 4.90. The molecule has 27 heavy (non-hydrogen) atoms. The van der Waals surface area contributed by atoms with Crippen LogP contribution in [0.3, 0.4) is 0 Å². The number of rotatable bonds is 5. The van der Waals surface area contributed by atoms with Crippen LogP contribution in [-0.2, 0) is 20.9 Å². The van der Waals surface area contributed by atoms with Crippen molar-refractivity contribution in [2.24, 2.45) is 0 Å². The summed E-state index contributed by atoms with van der Waals surface area (Å²) < 4.78 is 6.05. The summed E-state index contributed by atoms with van der Waals surface area (Å²) in [4.78, 5) is 38.3. The molecule has 2 aromatic carbocycles. The van der Waals surface area contributed by atoms with Gasteiger partial charge < -0.3 is 15.0 Å². The Labute approximate surface area is 169 Å². The molecule has 6 nitrogen and oxygen atoms in total. The zero-order valence-electron chi connectivity index (χ0n) is 14.5. The van der Waals surface area contributed by atoms with Crippen LogP contribution in [0.4, 0.5) is 5.69 Å². The fourth-order valence-corrected chi connectivity index (χ4v) is 3.70. The predicted molar refractivity (Wildman–Crippen MR) is 107 cm³/mol. The van der Waals surface area contributed by atoms with Crippen LogP contribution in [0, 0.1) is 0 Å². The number of fused-ring (bicyclic) bond motifs is 1. The topological polar surface area (TPSA) is 75.7 Å². The first kappa shape index (κ1) is 19.4. The summed E-state index contributed by atoms with van der Waals surface area (Å²) in [6.07, 6.45) is 0. The van der Waals surface area contributed by atoms with Gasteiger partial charge in [-0.15, -0.1) is 11.8 Å². The zero-order valence-corrected chi connectivity index (χ0v) is 16.9. The fraction of sp³-hybridized carbons (Fsp3) is 0.211. The lowest BCUT2D eigenvalue weighted by Crippen LogP contribution is -2.31. The van der Waals surface area contributed by atoms with Crippen molar-refractivity contribution in [2.75, 3.05) is 24.7 Å². The first-order chi connectivity index (χ1) is 12.9. The fourth-order valence-electron chi connectivity index (χ4n) is 2.50. The van der Waals surface area contributed by atoms with Gasteiger partial charge in [-0.3, -0.25) is 9.59 Å². The van der Waals surface area contributed by atoms with Gasteiger partial charge in [-0.2, -0.15) is 0 Å². The Hall–Kier alpha value is -2.32. The first-order valence-electron chi connectivity index (χ1n) is 8.15. The molecule has 140 valence electrons. The molecule has 1 aliphatic rings. The molecule has 1 heterocycles. The molecular formula is C19H17BrN2O4S. The Balaban J connectivity index is 1.57. The Kier molecular flexibility index (Phi) is 6.18. The van der Waals surface area contributed by atoms with Gasteiger partial charge in [-0.05, 0) is 29.8 Å². The lowest BCUT2D eigenvalue weighted by Gasteiger charge is -2.18. The lowest BCUT2D eigenvalue weighted by molar-refractivity contribution is -0.133. The van der Waals surface area contributed by atoms with Crippen molar-refractivity contribution < 1.29 is 19.1 Å². The second kappa shape index (κ2) is 8.58. The highest BCUT2D eigenvalue weighted by Crippen LogP contribution is 2.32. The van der Waals surface area contributed by atoms with Crippen LogP contribution >= 0.6 is 27.7 Å². The minimum atomic E-state index is -0.606. The highest BCUT2D eigenvalue weighted by Gasteiger charge is 2.19. The summed E-state index contributed by atoms with van der Waals surface area (Å²) in [6.45, 7) is 0.0535. The average molecular weight is 449 g/mol. The Morgan fingerprint density at radius 2 is 2.04 bits per heavy atom. The summed E-state index contributed by atoms with van der Waals surface area (Å²) >= 11 is 4.86. The Morgan fingerprint density at radius 1 is 1.26 bits per heavy atom. The molecule has 1 N–H and O–H groups in total. The number of thioether (sulfide) groups is 1. The van der Waals surface area contributed by atoms with Crippen molar-refractivity contribution in [3.05, 3.63) is 58.1 Å². The number of carbonyl (C=O) groups excluding carboxylic acids is 3. The van der Waals surface area contributed by atoms with Crippen molar-refractivity contribution in [3.8, 4) is 0 Å². The van der Waals surface area contributed by atoms with Gasteiger partial charge in [0.2, 0.25) is 5.91 Å². The van der Waals surface area contributed by atoms with Crippen LogP contribution in [0.15, 0.2) is 51.8 Å². The molecule has 0 bridgehead atoms. The predicted octanol–water partition coefficient (Wildman–Crippen LogP) is 3.31. The van der Waals surface area contributed by atoms with E-state index in [0.717, 1.165) is 14.9 Å². The van der Waals surface area contributed by atoms with E-state index in [4.69, 9.17) is 4.74 Å². The minimum absolute atomic E-state index is 0.109. The van der Waals surface area contributed by atoms with Crippen molar-refractivity contribution >= 4 is 51.2 Å². The van der Waals surface area contributed by atoms with Crippen LogP contribution < -0.4 is 5.32 Å². The highest BCUT2D eigenvalue weighted by molar-refractivity contribution is 9.10. The maximum Gasteiger partial charge on any atom is 0.338 e. The molecule has 0 unspecified atom stereocenters. The second-order valence-corrected chi connectivity index (χ2v) is 7.84. The van der Waals surface area contributed by atoms with E-state index >= 15 is 0 Å². The molecule has 0 radical (unpaired) electrons. The number of nitrogens with one attached hydrogen (secondary N) is 1. The number of amides is 2. The van der Waals surface area contributed by atoms with Gasteiger partial charge in [-0.25, -0.2) is 4.79 Å². The van der Waals surface area contributed by atoms with Gasteiger partial charge in [0.05, 0.1) is 17.0 Å². The molecule has 0 fully saturated rings. The number of hydrogen-bond acceptors (Lipinski definition) is 5. The quantitative estimate of drug-likeness (QED) is 0.709. The largest absolute Gasteiger partial charge is 0.452 e. The molecule has 0 spiro atoms. The molecule has 2 aromatic rings. The number of hydrogen-bond donors (Lipinski definition) is 1. The van der Waals surface area contributed by atoms with Crippen molar-refractivity contribution in [3.63, 3.8) is 0 Å². The standard InChI is InChI=1S/C19H17BrN2O4S/c1-22(9-13-4-2-3-5-14(13)20)18(24)10-26-19(25)12-6-7-16-15(8-12)21-17(23)11-27-16/h2-8H,9-11H2,1H3,(H,21,23). The third-order valence-electron chi connectivity index (χ3n) is 3.97. The molecule has 0 aliphatic carbocycles. The van der Waals surface area contributed by atoms with Gasteiger partial charge in [0.1, 0.15) is 0 Å². The molecule has 1 aliphatic heterocycles. The second-order valence-electron chi connectivity index (χ2n) is 5.97. The number of carbonyl (C=O) groups is 3. The van der Waals surface area contributed by atoms with E-state index in [1.165, 1.54) is 16.7 Å². The summed E-state index contributed by atoms with van der Waals surface area (Å²) in [5.41, 5.74) is 1.84. The molecule has 0 aromatic heterocycles. The summed E-state index contributed by atoms with van der Waals surface area (Å²) in [6, 6.07) is 12.6. The van der Waals surface area contributed by atoms with Crippen molar-refractivity contribution in [2.45, 2.75) is 11.4 Å². The smallest absolute Gasteiger partial charge is 0.338 e. The number of anilines is 1. The maximum absolute atomic E-state index is 12.2. The Morgan fingerprint density at radius 3 is 2.81 bits per heavy atom. The number of ether oxygens (including phenoxy) is 1. The van der Waals surface area contributed by atoms with E-state index < -0.39 is 5.97 Å². The molecule has 0 saturated carbocycles. The Bertz CT molecular complexity index is 903. The maximum atomic E-state index is 12.2. The molecular weight excluding hydrogens is 432 g/mol. The van der Waals surface area contributed by atoms with Crippen molar-refractivity contribution in [1.82, 2.24) is 4.90 Å². The van der Waals surface area contributed by atoms with Crippen LogP contribution in [0.5, 0.6) is 0 Å². The van der Waals surface area contributed by atoms with E-state index in [1.54, 1.807) is 25.2 Å². The summed E-state index contributed by atoms with van der Waals surface area (Å²) in [5, 5.41) is 2.72. The van der Waals surface area contributed by atoms with Gasteiger partial charge in [0.25, 0.3) is 5.91 Å². The molecule has 0 saturated heterocycles. The number of esters is 1. The van der Waals surface area contributed by atoms with Crippen LogP contribution in [0.1, 0.15) is 15.9 Å². The number of benzene rings is 2. The van der Waals surface area contributed by atoms with Crippen LogP contribution in [0.2, 0.25) is 0 Å². The van der Waals surface area contributed by atoms with E-state index in [1.807, 2.05) is 24.3 Å². The van der Waals surface area contributed by atoms with Gasteiger partial charge >= 0.3 is 5.97 Å². The third-order valence-corrected chi connectivity index (χ3v) is 5.81. The van der Waals surface area contributed by atoms with Gasteiger partial charge in [0, 0.05) is 23.0 Å². The van der Waals surface area contributed by atoms with E-state index in [0.29, 0.717) is 18.0 Å². The molecule has 0 atom stereocenters. The van der Waals surface area contributed by atoms with Gasteiger partial charge in [0.15, 0.2) is 6.61 Å². The van der Waals surface area contributed by atoms with E-state index in [-0.39, 0.29) is 24.0 Å². The molecule has 8 heteroatoms. The first-order valence-corrected chi connectivity index (χ1v) is 9.93. The van der Waals surface area contributed by atoms with E-state index in [2.05, 4.69) is 21.2 Å². The number of halogens is 1. The summed E-state index contributed by atoms with van der Waals surface area (Å²) in [7, 11) is 1.65. The number of likely N-dealkylation sites (N-methyl/N-ethyl adjacent to an activating group) is 1. The SMILES string of the molecule is CN(Cc1ccccc1Br)C(=O)COC(=O)c1ccc2c(c1)NC(=O)CS2. The normalized spacial score (nSPS) is 12.7. The monoisotopic (exact) mass is 448 g/mol. The molecule has 3 rings (SSSR count). The number of nitrogens with zero attached hydrogens (tertiary/aromatic N) is 1. The lowest BCUT2D eigenvalue weighted by atomic mass is 10.2. The summed E-state index contributed by atoms with van der Waals surface area (Å²) in [5.74, 6) is -0.664.